The van der Waals surface area contributed by atoms with E-state index in [9.17, 15) is 9.59 Å². The molecule has 0 bridgehead atoms. The lowest BCUT2D eigenvalue weighted by Crippen LogP contribution is -2.29. The van der Waals surface area contributed by atoms with E-state index in [-0.39, 0.29) is 18.5 Å². The number of carbonyl (C=O) groups is 2. The number of hydrogen-bond donors (Lipinski definition) is 1. The molecule has 1 aliphatic rings. The third-order valence-corrected chi connectivity index (χ3v) is 1.79. The highest BCUT2D eigenvalue weighted by molar-refractivity contribution is 6.01. The third kappa shape index (κ3) is 3.02. The van der Waals surface area contributed by atoms with Crippen molar-refractivity contribution in [1.82, 2.24) is 10.2 Å². The monoisotopic (exact) mass is 186 g/mol. The van der Waals surface area contributed by atoms with Gasteiger partial charge in [0.1, 0.15) is 6.54 Å². The van der Waals surface area contributed by atoms with E-state index < -0.39 is 0 Å². The van der Waals surface area contributed by atoms with E-state index in [1.165, 1.54) is 4.90 Å². The molecule has 5 nitrogen and oxygen atoms in total. The van der Waals surface area contributed by atoms with E-state index in [1.54, 1.807) is 0 Å². The fourth-order valence-corrected chi connectivity index (χ4v) is 1.17. The Bertz CT molecular complexity index is 206. The second-order valence-corrected chi connectivity index (χ2v) is 2.83. The fraction of sp³-hybridized carbons (Fsp3) is 0.750. The molecule has 0 spiro atoms. The smallest absolute Gasteiger partial charge is 0.324 e. The Morgan fingerprint density at radius 2 is 2.31 bits per heavy atom. The van der Waals surface area contributed by atoms with Crippen LogP contribution in [0.25, 0.3) is 0 Å². The van der Waals surface area contributed by atoms with Crippen LogP contribution in [0.2, 0.25) is 0 Å². The Balaban J connectivity index is 2.14. The molecule has 13 heavy (non-hydrogen) atoms. The summed E-state index contributed by atoms with van der Waals surface area (Å²) in [5.41, 5.74) is 0. The summed E-state index contributed by atoms with van der Waals surface area (Å²) in [6.07, 6.45) is 0.772. The van der Waals surface area contributed by atoms with Crippen LogP contribution < -0.4 is 5.32 Å². The molecule has 5 heteroatoms. The topological polar surface area (TPSA) is 58.6 Å². The molecule has 1 aliphatic heterocycles. The van der Waals surface area contributed by atoms with Crippen molar-refractivity contribution in [2.45, 2.75) is 13.3 Å². The molecule has 1 saturated heterocycles. The molecule has 0 aromatic rings. The number of ether oxygens (including phenoxy) is 1. The predicted octanol–water partition coefficient (Wildman–Crippen LogP) is -0.0352. The van der Waals surface area contributed by atoms with Gasteiger partial charge in [-0.05, 0) is 13.3 Å². The summed E-state index contributed by atoms with van der Waals surface area (Å²) in [5, 5.41) is 2.22. The molecule has 0 aromatic heterocycles. The highest BCUT2D eigenvalue weighted by atomic mass is 16.5. The molecular formula is C8H14N2O3. The van der Waals surface area contributed by atoms with Crippen LogP contribution in [-0.2, 0) is 9.53 Å². The average Bonchev–Trinajstić information content (AvgIpc) is 2.39. The van der Waals surface area contributed by atoms with Crippen LogP contribution in [0.4, 0.5) is 4.79 Å². The Morgan fingerprint density at radius 1 is 1.54 bits per heavy atom. The number of carbonyl (C=O) groups excluding carboxylic acids is 2. The largest absolute Gasteiger partial charge is 0.382 e. The summed E-state index contributed by atoms with van der Waals surface area (Å²) in [7, 11) is 0. The van der Waals surface area contributed by atoms with Crippen molar-refractivity contribution in [1.29, 1.82) is 0 Å². The van der Waals surface area contributed by atoms with Crippen LogP contribution in [0.15, 0.2) is 0 Å². The van der Waals surface area contributed by atoms with Crippen molar-refractivity contribution in [2.24, 2.45) is 0 Å². The second kappa shape index (κ2) is 4.81. The van der Waals surface area contributed by atoms with Crippen LogP contribution in [-0.4, -0.2) is 43.1 Å². The molecule has 3 amide bonds. The normalized spacial score (nSPS) is 16.5. The van der Waals surface area contributed by atoms with Crippen LogP contribution in [0, 0.1) is 0 Å². The number of hydrogen-bond acceptors (Lipinski definition) is 3. The minimum atomic E-state index is -0.290. The van der Waals surface area contributed by atoms with E-state index >= 15 is 0 Å². The zero-order valence-corrected chi connectivity index (χ0v) is 7.71. The predicted molar refractivity (Wildman–Crippen MR) is 46.2 cm³/mol. The molecule has 0 unspecified atom stereocenters. The van der Waals surface area contributed by atoms with Crippen molar-refractivity contribution in [2.75, 3.05) is 26.3 Å². The van der Waals surface area contributed by atoms with Crippen LogP contribution >= 0.6 is 0 Å². The zero-order valence-electron chi connectivity index (χ0n) is 7.71. The third-order valence-electron chi connectivity index (χ3n) is 1.79. The van der Waals surface area contributed by atoms with Gasteiger partial charge >= 0.3 is 6.03 Å². The van der Waals surface area contributed by atoms with Gasteiger partial charge in [-0.15, -0.1) is 0 Å². The molecular weight excluding hydrogens is 172 g/mol. The van der Waals surface area contributed by atoms with Crippen molar-refractivity contribution in [3.05, 3.63) is 0 Å². The number of rotatable bonds is 5. The molecule has 0 atom stereocenters. The summed E-state index contributed by atoms with van der Waals surface area (Å²) < 4.78 is 5.11. The lowest BCUT2D eigenvalue weighted by molar-refractivity contribution is -0.118. The molecule has 74 valence electrons. The fourth-order valence-electron chi connectivity index (χ4n) is 1.17. The lowest BCUT2D eigenvalue weighted by Gasteiger charge is -2.11. The average molecular weight is 186 g/mol. The summed E-state index contributed by atoms with van der Waals surface area (Å²) in [5.74, 6) is -0.221. The first-order valence-electron chi connectivity index (χ1n) is 4.40. The molecule has 0 radical (unpaired) electrons. The summed E-state index contributed by atoms with van der Waals surface area (Å²) in [4.78, 5) is 23.2. The molecule has 0 aliphatic carbocycles. The Hall–Kier alpha value is -1.10. The molecule has 1 rings (SSSR count). The lowest BCUT2D eigenvalue weighted by atomic mass is 10.4. The van der Waals surface area contributed by atoms with Crippen LogP contribution in [0.5, 0.6) is 0 Å². The standard InChI is InChI=1S/C8H14N2O3/c1-2-13-5-3-4-10-6-7(11)9-8(10)12/h2-6H2,1H3,(H,9,11,12). The molecule has 1 fully saturated rings. The van der Waals surface area contributed by atoms with E-state index in [2.05, 4.69) is 5.32 Å². The zero-order chi connectivity index (χ0) is 9.68. The SMILES string of the molecule is CCOCCCN1CC(=O)NC1=O. The Morgan fingerprint density at radius 3 is 2.85 bits per heavy atom. The van der Waals surface area contributed by atoms with Gasteiger partial charge in [0, 0.05) is 19.8 Å². The van der Waals surface area contributed by atoms with E-state index in [0.29, 0.717) is 19.8 Å². The van der Waals surface area contributed by atoms with Crippen molar-refractivity contribution in [3.8, 4) is 0 Å². The van der Waals surface area contributed by atoms with Gasteiger partial charge in [-0.1, -0.05) is 0 Å². The second-order valence-electron chi connectivity index (χ2n) is 2.83. The maximum absolute atomic E-state index is 11.0. The van der Waals surface area contributed by atoms with E-state index in [4.69, 9.17) is 4.74 Å². The van der Waals surface area contributed by atoms with Crippen LogP contribution in [0.3, 0.4) is 0 Å². The first-order chi connectivity index (χ1) is 6.24. The summed E-state index contributed by atoms with van der Waals surface area (Å²) in [6.45, 7) is 4.01. The molecule has 0 saturated carbocycles. The summed E-state index contributed by atoms with van der Waals surface area (Å²) >= 11 is 0. The molecule has 1 heterocycles. The summed E-state index contributed by atoms with van der Waals surface area (Å²) in [6, 6.07) is -0.290. The number of nitrogens with one attached hydrogen (secondary N) is 1. The minimum absolute atomic E-state index is 0.185. The van der Waals surface area contributed by atoms with Gasteiger partial charge in [0.2, 0.25) is 5.91 Å². The molecule has 1 N–H and O–H groups in total. The maximum atomic E-state index is 11.0. The quantitative estimate of drug-likeness (QED) is 0.484. The van der Waals surface area contributed by atoms with Gasteiger partial charge in [0.25, 0.3) is 0 Å². The van der Waals surface area contributed by atoms with Gasteiger partial charge in [-0.25, -0.2) is 4.79 Å². The minimum Gasteiger partial charge on any atom is -0.382 e. The maximum Gasteiger partial charge on any atom is 0.324 e. The number of nitrogens with zero attached hydrogens (tertiary/aromatic N) is 1. The highest BCUT2D eigenvalue weighted by Gasteiger charge is 2.25. The Kier molecular flexibility index (Phi) is 3.70. The van der Waals surface area contributed by atoms with Gasteiger partial charge < -0.3 is 9.64 Å². The van der Waals surface area contributed by atoms with Crippen molar-refractivity contribution >= 4 is 11.9 Å². The Labute approximate surface area is 77.0 Å². The first-order valence-corrected chi connectivity index (χ1v) is 4.40. The number of urea groups is 1. The molecule has 0 aromatic carbocycles. The first kappa shape index (κ1) is 9.98. The van der Waals surface area contributed by atoms with Crippen molar-refractivity contribution in [3.63, 3.8) is 0 Å². The van der Waals surface area contributed by atoms with Gasteiger partial charge in [0.05, 0.1) is 0 Å². The number of amides is 3. The van der Waals surface area contributed by atoms with E-state index in [1.807, 2.05) is 6.92 Å². The van der Waals surface area contributed by atoms with E-state index in [0.717, 1.165) is 6.42 Å². The van der Waals surface area contributed by atoms with Gasteiger partial charge in [-0.2, -0.15) is 0 Å². The van der Waals surface area contributed by atoms with Crippen molar-refractivity contribution < 1.29 is 14.3 Å². The number of imide groups is 1. The van der Waals surface area contributed by atoms with Gasteiger partial charge in [0.15, 0.2) is 0 Å². The van der Waals surface area contributed by atoms with Crippen LogP contribution in [0.1, 0.15) is 13.3 Å². The highest BCUT2D eigenvalue weighted by Crippen LogP contribution is 1.99. The van der Waals surface area contributed by atoms with Gasteiger partial charge in [-0.3, -0.25) is 10.1 Å².